The third-order valence-electron chi connectivity index (χ3n) is 4.24. The van der Waals surface area contributed by atoms with Crippen molar-refractivity contribution in [2.75, 3.05) is 39.3 Å². The van der Waals surface area contributed by atoms with E-state index in [-0.39, 0.29) is 11.7 Å². The van der Waals surface area contributed by atoms with Crippen LogP contribution < -0.4 is 10.1 Å². The molecular weight excluding hydrogens is 311 g/mol. The van der Waals surface area contributed by atoms with E-state index in [4.69, 9.17) is 0 Å². The number of halogens is 3. The van der Waals surface area contributed by atoms with E-state index < -0.39 is 6.36 Å². The van der Waals surface area contributed by atoms with Gasteiger partial charge in [-0.3, -0.25) is 14.6 Å². The van der Waals surface area contributed by atoms with Crippen LogP contribution in [0.4, 0.5) is 13.2 Å². The van der Waals surface area contributed by atoms with Crippen molar-refractivity contribution in [2.24, 2.45) is 0 Å². The van der Waals surface area contributed by atoms with E-state index in [1.807, 2.05) is 0 Å². The minimum atomic E-state index is -4.73. The maximum Gasteiger partial charge on any atom is 0.573 e. The van der Waals surface area contributed by atoms with E-state index >= 15 is 0 Å². The van der Waals surface area contributed by atoms with Gasteiger partial charge in [0.1, 0.15) is 5.75 Å². The lowest BCUT2D eigenvalue weighted by Crippen LogP contribution is -2.63. The van der Waals surface area contributed by atoms with Crippen molar-refractivity contribution in [3.05, 3.63) is 29.8 Å². The fourth-order valence-corrected chi connectivity index (χ4v) is 3.04. The molecule has 0 spiro atoms. The van der Waals surface area contributed by atoms with Crippen molar-refractivity contribution in [2.45, 2.75) is 12.4 Å². The lowest BCUT2D eigenvalue weighted by molar-refractivity contribution is -0.274. The number of benzene rings is 1. The third kappa shape index (κ3) is 4.14. The molecule has 0 aliphatic carbocycles. The van der Waals surface area contributed by atoms with Crippen molar-refractivity contribution < 1.29 is 22.7 Å². The van der Waals surface area contributed by atoms with Gasteiger partial charge in [-0.15, -0.1) is 13.2 Å². The maximum absolute atomic E-state index is 12.1. The molecule has 4 rings (SSSR count). The number of fused-ring (bicyclic) bond motifs is 3. The first-order valence-electron chi connectivity index (χ1n) is 7.51. The number of nitrogens with zero attached hydrogens (tertiary/aromatic N) is 2. The van der Waals surface area contributed by atoms with Gasteiger partial charge in [-0.25, -0.2) is 0 Å². The van der Waals surface area contributed by atoms with Gasteiger partial charge >= 0.3 is 6.36 Å². The molecule has 3 fully saturated rings. The van der Waals surface area contributed by atoms with Crippen molar-refractivity contribution in [3.63, 3.8) is 0 Å². The Hall–Kier alpha value is -1.80. The van der Waals surface area contributed by atoms with E-state index in [0.29, 0.717) is 18.2 Å². The molecule has 3 aliphatic rings. The molecule has 3 aliphatic heterocycles. The number of hydrogen-bond donors (Lipinski definition) is 1. The summed E-state index contributed by atoms with van der Waals surface area (Å²) in [5, 5.41) is 2.85. The molecule has 126 valence electrons. The highest BCUT2D eigenvalue weighted by Gasteiger charge is 2.32. The van der Waals surface area contributed by atoms with Crippen LogP contribution in [0.1, 0.15) is 10.4 Å². The average molecular weight is 329 g/mol. The summed E-state index contributed by atoms with van der Waals surface area (Å²) >= 11 is 0. The Morgan fingerprint density at radius 1 is 1.17 bits per heavy atom. The summed E-state index contributed by atoms with van der Waals surface area (Å²) in [4.78, 5) is 16.8. The average Bonchev–Trinajstić information content (AvgIpc) is 2.53. The highest BCUT2D eigenvalue weighted by atomic mass is 19.4. The lowest BCUT2D eigenvalue weighted by atomic mass is 10.1. The fraction of sp³-hybridized carbons (Fsp3) is 0.533. The second kappa shape index (κ2) is 6.37. The summed E-state index contributed by atoms with van der Waals surface area (Å²) in [6, 6.07) is 5.23. The SMILES string of the molecule is O=C(NCC1CN2CCN1CC2)c1ccc(OC(F)(F)F)cc1. The van der Waals surface area contributed by atoms with E-state index in [0.717, 1.165) is 44.9 Å². The quantitative estimate of drug-likeness (QED) is 0.905. The Morgan fingerprint density at radius 3 is 2.35 bits per heavy atom. The summed E-state index contributed by atoms with van der Waals surface area (Å²) in [6.07, 6.45) is -4.73. The molecule has 0 aromatic heterocycles. The van der Waals surface area contributed by atoms with Gasteiger partial charge in [-0.2, -0.15) is 0 Å². The van der Waals surface area contributed by atoms with Crippen molar-refractivity contribution >= 4 is 5.91 Å². The molecule has 1 unspecified atom stereocenters. The van der Waals surface area contributed by atoms with Crippen molar-refractivity contribution in [3.8, 4) is 5.75 Å². The molecular formula is C15H18F3N3O2. The maximum atomic E-state index is 12.1. The summed E-state index contributed by atoms with van der Waals surface area (Å²) in [7, 11) is 0. The third-order valence-corrected chi connectivity index (χ3v) is 4.24. The van der Waals surface area contributed by atoms with Crippen LogP contribution in [0, 0.1) is 0 Å². The lowest BCUT2D eigenvalue weighted by Gasteiger charge is -2.47. The molecule has 1 aromatic carbocycles. The summed E-state index contributed by atoms with van der Waals surface area (Å²) < 4.78 is 40.1. The van der Waals surface area contributed by atoms with Gasteiger partial charge in [-0.1, -0.05) is 0 Å². The first-order chi connectivity index (χ1) is 10.9. The molecule has 0 radical (unpaired) electrons. The van der Waals surface area contributed by atoms with Gasteiger partial charge in [0.25, 0.3) is 5.91 Å². The van der Waals surface area contributed by atoms with Crippen molar-refractivity contribution in [1.82, 2.24) is 15.1 Å². The molecule has 2 bridgehead atoms. The Labute approximate surface area is 132 Å². The van der Waals surface area contributed by atoms with Crippen LogP contribution in [0.5, 0.6) is 5.75 Å². The number of rotatable bonds is 4. The summed E-state index contributed by atoms with van der Waals surface area (Å²) in [5.41, 5.74) is 0.316. The minimum Gasteiger partial charge on any atom is -0.406 e. The standard InChI is InChI=1S/C15H18F3N3O2/c16-15(17,18)23-13-3-1-11(2-4-13)14(22)19-9-12-10-20-5-7-21(12)8-6-20/h1-4,12H,5-10H2,(H,19,22). The number of carbonyl (C=O) groups is 1. The molecule has 5 nitrogen and oxygen atoms in total. The number of alkyl halides is 3. The summed E-state index contributed by atoms with van der Waals surface area (Å²) in [5.74, 6) is -0.626. The Bertz CT molecular complexity index is 554. The topological polar surface area (TPSA) is 44.8 Å². The molecule has 1 amide bonds. The van der Waals surface area contributed by atoms with E-state index in [2.05, 4.69) is 19.9 Å². The largest absolute Gasteiger partial charge is 0.573 e. The fourth-order valence-electron chi connectivity index (χ4n) is 3.04. The molecule has 1 aromatic rings. The monoisotopic (exact) mass is 329 g/mol. The molecule has 23 heavy (non-hydrogen) atoms. The second-order valence-electron chi connectivity index (χ2n) is 5.77. The highest BCUT2D eigenvalue weighted by Crippen LogP contribution is 2.22. The van der Waals surface area contributed by atoms with Crippen LogP contribution in [-0.4, -0.2) is 67.4 Å². The molecule has 1 N–H and O–H groups in total. The van der Waals surface area contributed by atoms with Gasteiger partial charge in [-0.05, 0) is 24.3 Å². The summed E-state index contributed by atoms with van der Waals surface area (Å²) in [6.45, 7) is 5.67. The van der Waals surface area contributed by atoms with Crippen LogP contribution in [-0.2, 0) is 0 Å². The number of carbonyl (C=O) groups excluding carboxylic acids is 1. The first-order valence-corrected chi connectivity index (χ1v) is 7.51. The van der Waals surface area contributed by atoms with Gasteiger partial charge < -0.3 is 10.1 Å². The number of amides is 1. The van der Waals surface area contributed by atoms with Crippen LogP contribution in [0.2, 0.25) is 0 Å². The van der Waals surface area contributed by atoms with Crippen molar-refractivity contribution in [1.29, 1.82) is 0 Å². The minimum absolute atomic E-state index is 0.291. The van der Waals surface area contributed by atoms with Crippen LogP contribution in [0.25, 0.3) is 0 Å². The normalized spacial score (nSPS) is 26.8. The van der Waals surface area contributed by atoms with Gasteiger partial charge in [0.15, 0.2) is 0 Å². The zero-order valence-electron chi connectivity index (χ0n) is 12.5. The molecule has 1 atom stereocenters. The molecule has 3 heterocycles. The van der Waals surface area contributed by atoms with Crippen LogP contribution >= 0.6 is 0 Å². The van der Waals surface area contributed by atoms with E-state index in [1.54, 1.807) is 0 Å². The number of ether oxygens (including phenoxy) is 1. The van der Waals surface area contributed by atoms with Gasteiger partial charge in [0, 0.05) is 50.9 Å². The first kappa shape index (κ1) is 16.1. The Balaban J connectivity index is 1.52. The smallest absolute Gasteiger partial charge is 0.406 e. The van der Waals surface area contributed by atoms with E-state index in [1.165, 1.54) is 12.1 Å². The Morgan fingerprint density at radius 2 is 1.83 bits per heavy atom. The zero-order chi connectivity index (χ0) is 16.4. The van der Waals surface area contributed by atoms with Gasteiger partial charge in [0.2, 0.25) is 0 Å². The highest BCUT2D eigenvalue weighted by molar-refractivity contribution is 5.94. The Kier molecular flexibility index (Phi) is 4.45. The van der Waals surface area contributed by atoms with E-state index in [9.17, 15) is 18.0 Å². The van der Waals surface area contributed by atoms with Crippen LogP contribution in [0.3, 0.4) is 0 Å². The molecule has 0 saturated carbocycles. The predicted octanol–water partition coefficient (Wildman–Crippen LogP) is 1.31. The number of piperazine rings is 3. The van der Waals surface area contributed by atoms with Crippen LogP contribution in [0.15, 0.2) is 24.3 Å². The number of nitrogens with one attached hydrogen (secondary N) is 1. The zero-order valence-corrected chi connectivity index (χ0v) is 12.5. The predicted molar refractivity (Wildman–Crippen MR) is 77.3 cm³/mol. The van der Waals surface area contributed by atoms with Gasteiger partial charge in [0.05, 0.1) is 0 Å². The molecule has 3 saturated heterocycles. The molecule has 8 heteroatoms. The second-order valence-corrected chi connectivity index (χ2v) is 5.77. The number of hydrogen-bond acceptors (Lipinski definition) is 4.